The van der Waals surface area contributed by atoms with Crippen LogP contribution in [0.25, 0.3) is 0 Å². The first kappa shape index (κ1) is 15.4. The van der Waals surface area contributed by atoms with Crippen molar-refractivity contribution in [1.82, 2.24) is 0 Å². The number of benzene rings is 1. The van der Waals surface area contributed by atoms with Crippen LogP contribution in [-0.2, 0) is 24.7 Å². The summed E-state index contributed by atoms with van der Waals surface area (Å²) in [5.41, 5.74) is -0.787. The van der Waals surface area contributed by atoms with Gasteiger partial charge < -0.3 is 14.6 Å². The van der Waals surface area contributed by atoms with Crippen molar-refractivity contribution in [2.45, 2.75) is 18.4 Å². The van der Waals surface area contributed by atoms with Crippen molar-refractivity contribution in [3.63, 3.8) is 0 Å². The number of carbonyl (C=O) groups is 2. The van der Waals surface area contributed by atoms with E-state index in [0.717, 1.165) is 12.0 Å². The molecule has 0 aromatic heterocycles. The molecule has 5 fully saturated rings. The van der Waals surface area contributed by atoms with Crippen LogP contribution in [0.1, 0.15) is 18.4 Å². The summed E-state index contributed by atoms with van der Waals surface area (Å²) in [6.07, 6.45) is 1.32. The third-order valence-electron chi connectivity index (χ3n) is 7.85. The zero-order chi connectivity index (χ0) is 17.6. The van der Waals surface area contributed by atoms with E-state index in [1.54, 1.807) is 0 Å². The van der Waals surface area contributed by atoms with Crippen LogP contribution >= 0.6 is 0 Å². The van der Waals surface area contributed by atoms with Gasteiger partial charge in [-0.15, -0.1) is 0 Å². The summed E-state index contributed by atoms with van der Waals surface area (Å²) < 4.78 is 10.2. The number of hydrogen-bond donors (Lipinski definition) is 1. The Balaban J connectivity index is 1.62. The topological polar surface area (TPSA) is 72.8 Å². The molecule has 0 aliphatic heterocycles. The molecule has 8 atom stereocenters. The second-order valence-corrected chi connectivity index (χ2v) is 8.14. The first-order chi connectivity index (χ1) is 12.0. The molecule has 1 aromatic carbocycles. The fourth-order valence-electron chi connectivity index (χ4n) is 7.51. The van der Waals surface area contributed by atoms with Gasteiger partial charge in [0.15, 0.2) is 0 Å². The molecule has 6 rings (SSSR count). The molecular formula is C20H22O5. The highest BCUT2D eigenvalue weighted by molar-refractivity contribution is 5.89. The average molecular weight is 342 g/mol. The van der Waals surface area contributed by atoms with Gasteiger partial charge in [0.25, 0.3) is 0 Å². The molecule has 0 amide bonds. The molecule has 0 heterocycles. The van der Waals surface area contributed by atoms with Gasteiger partial charge in [0.1, 0.15) is 0 Å². The minimum atomic E-state index is -0.908. The molecular weight excluding hydrogens is 320 g/mol. The minimum absolute atomic E-state index is 0.0111. The average Bonchev–Trinajstić information content (AvgIpc) is 3.38. The summed E-state index contributed by atoms with van der Waals surface area (Å²) in [5, 5.41) is 11.6. The molecule has 6 bridgehead atoms. The highest BCUT2D eigenvalue weighted by Crippen LogP contribution is 2.85. The molecule has 0 radical (unpaired) electrons. The zero-order valence-electron chi connectivity index (χ0n) is 14.3. The molecule has 1 N–H and O–H groups in total. The molecule has 132 valence electrons. The van der Waals surface area contributed by atoms with Gasteiger partial charge >= 0.3 is 11.9 Å². The molecule has 0 spiro atoms. The van der Waals surface area contributed by atoms with Crippen LogP contribution in [0.3, 0.4) is 0 Å². The fourth-order valence-corrected chi connectivity index (χ4v) is 7.51. The van der Waals surface area contributed by atoms with Gasteiger partial charge in [-0.1, -0.05) is 30.3 Å². The maximum atomic E-state index is 12.9. The van der Waals surface area contributed by atoms with Crippen LogP contribution in [0, 0.1) is 40.9 Å². The van der Waals surface area contributed by atoms with Crippen molar-refractivity contribution in [2.24, 2.45) is 40.9 Å². The highest BCUT2D eigenvalue weighted by atomic mass is 16.5. The zero-order valence-corrected chi connectivity index (χ0v) is 14.3. The van der Waals surface area contributed by atoms with Crippen molar-refractivity contribution < 1.29 is 24.2 Å². The summed E-state index contributed by atoms with van der Waals surface area (Å²) in [4.78, 5) is 25.4. The normalized spacial score (nSPS) is 48.1. The summed E-state index contributed by atoms with van der Waals surface area (Å²) in [5.74, 6) is -0.699. The Labute approximate surface area is 146 Å². The Bertz CT molecular complexity index is 757. The number of ether oxygens (including phenoxy) is 2. The molecule has 0 saturated heterocycles. The lowest BCUT2D eigenvalue weighted by Gasteiger charge is -2.46. The molecule has 1 aromatic rings. The highest BCUT2D eigenvalue weighted by Gasteiger charge is 2.88. The Hall–Kier alpha value is -1.88. The van der Waals surface area contributed by atoms with Crippen molar-refractivity contribution >= 4 is 11.9 Å². The second-order valence-electron chi connectivity index (χ2n) is 8.14. The predicted octanol–water partition coefficient (Wildman–Crippen LogP) is 1.74. The minimum Gasteiger partial charge on any atom is -0.469 e. The van der Waals surface area contributed by atoms with E-state index in [9.17, 15) is 14.7 Å². The lowest BCUT2D eigenvalue weighted by molar-refractivity contribution is -0.178. The maximum Gasteiger partial charge on any atom is 0.313 e. The van der Waals surface area contributed by atoms with Crippen molar-refractivity contribution in [2.75, 3.05) is 14.2 Å². The van der Waals surface area contributed by atoms with Crippen molar-refractivity contribution in [1.29, 1.82) is 0 Å². The number of rotatable bonds is 3. The number of aliphatic hydroxyl groups is 1. The maximum absolute atomic E-state index is 12.9. The van der Waals surface area contributed by atoms with E-state index in [-0.39, 0.29) is 41.5 Å². The van der Waals surface area contributed by atoms with Gasteiger partial charge in [-0.2, -0.15) is 0 Å². The van der Waals surface area contributed by atoms with Crippen LogP contribution in [0.15, 0.2) is 30.3 Å². The van der Waals surface area contributed by atoms with Gasteiger partial charge in [0.2, 0.25) is 0 Å². The Morgan fingerprint density at radius 2 is 1.84 bits per heavy atom. The van der Waals surface area contributed by atoms with Crippen molar-refractivity contribution in [3.8, 4) is 0 Å². The second kappa shape index (κ2) is 4.64. The number of esters is 2. The summed E-state index contributed by atoms with van der Waals surface area (Å²) >= 11 is 0. The van der Waals surface area contributed by atoms with E-state index in [4.69, 9.17) is 9.47 Å². The number of hydrogen-bond acceptors (Lipinski definition) is 5. The predicted molar refractivity (Wildman–Crippen MR) is 87.0 cm³/mol. The van der Waals surface area contributed by atoms with Crippen LogP contribution in [-0.4, -0.2) is 31.3 Å². The van der Waals surface area contributed by atoms with Crippen LogP contribution in [0.2, 0.25) is 0 Å². The Morgan fingerprint density at radius 3 is 2.44 bits per heavy atom. The van der Waals surface area contributed by atoms with E-state index >= 15 is 0 Å². The lowest BCUT2D eigenvalue weighted by Crippen LogP contribution is -2.53. The summed E-state index contributed by atoms with van der Waals surface area (Å²) in [6, 6.07) is 9.75. The molecule has 8 unspecified atom stereocenters. The molecule has 5 saturated carbocycles. The summed E-state index contributed by atoms with van der Waals surface area (Å²) in [7, 11) is 2.78. The summed E-state index contributed by atoms with van der Waals surface area (Å²) in [6.45, 7) is 0. The van der Waals surface area contributed by atoms with Gasteiger partial charge in [0, 0.05) is 0 Å². The quantitative estimate of drug-likeness (QED) is 0.847. The fraction of sp³-hybridized carbons (Fsp3) is 0.600. The molecule has 5 nitrogen and oxygen atoms in total. The smallest absolute Gasteiger partial charge is 0.313 e. The third-order valence-corrected chi connectivity index (χ3v) is 7.85. The Kier molecular flexibility index (Phi) is 2.85. The Morgan fingerprint density at radius 1 is 1.12 bits per heavy atom. The largest absolute Gasteiger partial charge is 0.469 e. The van der Waals surface area contributed by atoms with E-state index in [1.807, 2.05) is 30.3 Å². The van der Waals surface area contributed by atoms with Crippen LogP contribution < -0.4 is 0 Å². The monoisotopic (exact) mass is 342 g/mol. The van der Waals surface area contributed by atoms with Gasteiger partial charge in [-0.25, -0.2) is 0 Å². The van der Waals surface area contributed by atoms with E-state index in [1.165, 1.54) is 14.2 Å². The van der Waals surface area contributed by atoms with E-state index in [0.29, 0.717) is 6.42 Å². The molecule has 5 aliphatic rings. The lowest BCUT2D eigenvalue weighted by atomic mass is 9.59. The van der Waals surface area contributed by atoms with E-state index in [2.05, 4.69) is 0 Å². The first-order valence-corrected chi connectivity index (χ1v) is 8.96. The van der Waals surface area contributed by atoms with Crippen molar-refractivity contribution in [3.05, 3.63) is 35.9 Å². The van der Waals surface area contributed by atoms with Crippen LogP contribution in [0.5, 0.6) is 0 Å². The van der Waals surface area contributed by atoms with Crippen LogP contribution in [0.4, 0.5) is 0 Å². The SMILES string of the molecule is COC(=O)C1C2CC3C4C2C(CC4(O)c2ccccc2)C31C(=O)OC. The number of carbonyl (C=O) groups excluding carboxylic acids is 2. The van der Waals surface area contributed by atoms with Gasteiger partial charge in [-0.05, 0) is 48.0 Å². The van der Waals surface area contributed by atoms with E-state index < -0.39 is 16.9 Å². The third kappa shape index (κ3) is 1.43. The standard InChI is InChI=1S/C20H22O5/c1-24-17(21)15-11-8-12-16-14(11)13(20(12,15)18(22)25-2)9-19(16,23)10-6-4-3-5-7-10/h3-7,11-16,23H,8-9H2,1-2H3. The molecule has 5 heteroatoms. The van der Waals surface area contributed by atoms with Gasteiger partial charge in [-0.3, -0.25) is 9.59 Å². The molecule has 5 aliphatic carbocycles. The number of methoxy groups -OCH3 is 2. The van der Waals surface area contributed by atoms with Gasteiger partial charge in [0.05, 0.1) is 31.2 Å². The first-order valence-electron chi connectivity index (χ1n) is 8.96. The molecule has 25 heavy (non-hydrogen) atoms.